The summed E-state index contributed by atoms with van der Waals surface area (Å²) in [7, 11) is 0. The predicted molar refractivity (Wildman–Crippen MR) is 55.4 cm³/mol. The molecular formula is C10H13N3O2. The summed E-state index contributed by atoms with van der Waals surface area (Å²) in [6, 6.07) is 2.58. The molecule has 1 rings (SSSR count). The zero-order valence-electron chi connectivity index (χ0n) is 8.65. The van der Waals surface area contributed by atoms with Gasteiger partial charge in [-0.15, -0.1) is 0 Å². The van der Waals surface area contributed by atoms with E-state index in [0.717, 1.165) is 0 Å². The first-order valence-corrected chi connectivity index (χ1v) is 4.61. The minimum absolute atomic E-state index is 0.00441. The van der Waals surface area contributed by atoms with Crippen molar-refractivity contribution >= 4 is 11.9 Å². The number of nitrogens with zero attached hydrogens (tertiary/aromatic N) is 1. The molecule has 80 valence electrons. The number of pyridine rings is 1. The highest BCUT2D eigenvalue weighted by Crippen LogP contribution is 1.95. The van der Waals surface area contributed by atoms with Gasteiger partial charge < -0.3 is 5.32 Å². The fourth-order valence-electron chi connectivity index (χ4n) is 0.977. The largest absolute Gasteiger partial charge is 0.336 e. The number of urea groups is 1. The molecule has 15 heavy (non-hydrogen) atoms. The molecule has 0 aromatic carbocycles. The number of hydrogen-bond acceptors (Lipinski definition) is 3. The highest BCUT2D eigenvalue weighted by molar-refractivity contribution is 6.04. The first-order chi connectivity index (χ1) is 7.09. The third-order valence-corrected chi connectivity index (χ3v) is 1.59. The van der Waals surface area contributed by atoms with Crippen LogP contribution in [0, 0.1) is 0 Å². The van der Waals surface area contributed by atoms with Gasteiger partial charge in [-0.3, -0.25) is 15.1 Å². The maximum absolute atomic E-state index is 11.4. The fourth-order valence-corrected chi connectivity index (χ4v) is 0.977. The molecule has 5 heteroatoms. The first-order valence-electron chi connectivity index (χ1n) is 4.61. The minimum atomic E-state index is -0.494. The van der Waals surface area contributed by atoms with E-state index in [-0.39, 0.29) is 6.04 Å². The van der Waals surface area contributed by atoms with Crippen LogP contribution < -0.4 is 10.6 Å². The van der Waals surface area contributed by atoms with Crippen molar-refractivity contribution < 1.29 is 9.59 Å². The summed E-state index contributed by atoms with van der Waals surface area (Å²) in [4.78, 5) is 26.4. The van der Waals surface area contributed by atoms with Crippen LogP contribution in [0.5, 0.6) is 0 Å². The highest BCUT2D eigenvalue weighted by atomic mass is 16.2. The van der Waals surface area contributed by atoms with E-state index in [0.29, 0.717) is 5.56 Å². The van der Waals surface area contributed by atoms with Gasteiger partial charge in [0.2, 0.25) is 0 Å². The topological polar surface area (TPSA) is 71.1 Å². The molecular weight excluding hydrogens is 194 g/mol. The zero-order chi connectivity index (χ0) is 11.3. The molecule has 2 N–H and O–H groups in total. The molecule has 0 saturated carbocycles. The summed E-state index contributed by atoms with van der Waals surface area (Å²) in [5, 5.41) is 4.77. The van der Waals surface area contributed by atoms with Gasteiger partial charge in [-0.05, 0) is 26.0 Å². The number of nitrogens with one attached hydrogen (secondary N) is 2. The van der Waals surface area contributed by atoms with Crippen LogP contribution in [0.1, 0.15) is 24.2 Å². The van der Waals surface area contributed by atoms with Crippen LogP contribution in [-0.4, -0.2) is 23.0 Å². The van der Waals surface area contributed by atoms with Crippen LogP contribution >= 0.6 is 0 Å². The molecule has 5 nitrogen and oxygen atoms in total. The van der Waals surface area contributed by atoms with E-state index < -0.39 is 11.9 Å². The standard InChI is InChI=1S/C10H13N3O2/c1-7(2)12-10(15)13-9(14)8-3-5-11-6-4-8/h3-7H,1-2H3,(H2,12,13,14,15). The van der Waals surface area contributed by atoms with E-state index in [9.17, 15) is 9.59 Å². The molecule has 1 aromatic rings. The second-order valence-corrected chi connectivity index (χ2v) is 3.32. The molecule has 0 spiro atoms. The first kappa shape index (κ1) is 11.2. The van der Waals surface area contributed by atoms with Crippen LogP contribution in [0.25, 0.3) is 0 Å². The van der Waals surface area contributed by atoms with E-state index in [2.05, 4.69) is 15.6 Å². The molecule has 0 aliphatic rings. The number of carbonyl (C=O) groups excluding carboxylic acids is 2. The summed E-state index contributed by atoms with van der Waals surface area (Å²) < 4.78 is 0. The Morgan fingerprint density at radius 1 is 1.27 bits per heavy atom. The third kappa shape index (κ3) is 3.76. The Kier molecular flexibility index (Phi) is 3.79. The van der Waals surface area contributed by atoms with Gasteiger partial charge in [0.15, 0.2) is 0 Å². The van der Waals surface area contributed by atoms with Gasteiger partial charge in [-0.2, -0.15) is 0 Å². The molecule has 0 fully saturated rings. The molecule has 0 unspecified atom stereocenters. The molecule has 0 aliphatic carbocycles. The molecule has 0 radical (unpaired) electrons. The number of hydrogen-bond donors (Lipinski definition) is 2. The van der Waals surface area contributed by atoms with Crippen molar-refractivity contribution in [1.29, 1.82) is 0 Å². The van der Waals surface area contributed by atoms with Crippen molar-refractivity contribution in [2.45, 2.75) is 19.9 Å². The zero-order valence-corrected chi connectivity index (χ0v) is 8.65. The van der Waals surface area contributed by atoms with Gasteiger partial charge in [0, 0.05) is 24.0 Å². The predicted octanol–water partition coefficient (Wildman–Crippen LogP) is 0.929. The number of aromatic nitrogens is 1. The molecule has 3 amide bonds. The van der Waals surface area contributed by atoms with Crippen LogP contribution in [0.3, 0.4) is 0 Å². The summed E-state index contributed by atoms with van der Waals surface area (Å²) >= 11 is 0. The average molecular weight is 207 g/mol. The molecule has 0 atom stereocenters. The lowest BCUT2D eigenvalue weighted by Gasteiger charge is -2.08. The summed E-state index contributed by atoms with van der Waals surface area (Å²) in [5.41, 5.74) is 0.406. The third-order valence-electron chi connectivity index (χ3n) is 1.59. The van der Waals surface area contributed by atoms with Gasteiger partial charge in [-0.1, -0.05) is 0 Å². The fraction of sp³-hybridized carbons (Fsp3) is 0.300. The maximum atomic E-state index is 11.4. The molecule has 1 heterocycles. The Labute approximate surface area is 87.9 Å². The second-order valence-electron chi connectivity index (χ2n) is 3.32. The Bertz CT molecular complexity index is 349. The lowest BCUT2D eigenvalue weighted by Crippen LogP contribution is -2.42. The van der Waals surface area contributed by atoms with Crippen molar-refractivity contribution in [1.82, 2.24) is 15.6 Å². The van der Waals surface area contributed by atoms with Crippen molar-refractivity contribution in [3.63, 3.8) is 0 Å². The number of imide groups is 1. The summed E-state index contributed by atoms with van der Waals surface area (Å²) in [5.74, 6) is -0.435. The summed E-state index contributed by atoms with van der Waals surface area (Å²) in [6.07, 6.45) is 2.99. The Morgan fingerprint density at radius 3 is 2.40 bits per heavy atom. The number of amides is 3. The van der Waals surface area contributed by atoms with Crippen LogP contribution in [0.15, 0.2) is 24.5 Å². The molecule has 0 bridgehead atoms. The average Bonchev–Trinajstić information content (AvgIpc) is 2.17. The van der Waals surface area contributed by atoms with E-state index in [1.807, 2.05) is 13.8 Å². The van der Waals surface area contributed by atoms with Gasteiger partial charge >= 0.3 is 6.03 Å². The van der Waals surface area contributed by atoms with E-state index >= 15 is 0 Å². The lowest BCUT2D eigenvalue weighted by atomic mass is 10.2. The minimum Gasteiger partial charge on any atom is -0.336 e. The monoisotopic (exact) mass is 207 g/mol. The van der Waals surface area contributed by atoms with Crippen molar-refractivity contribution in [2.75, 3.05) is 0 Å². The quantitative estimate of drug-likeness (QED) is 0.757. The van der Waals surface area contributed by atoms with Crippen molar-refractivity contribution in [3.05, 3.63) is 30.1 Å². The highest BCUT2D eigenvalue weighted by Gasteiger charge is 2.09. The number of carbonyl (C=O) groups is 2. The van der Waals surface area contributed by atoms with Gasteiger partial charge in [-0.25, -0.2) is 4.79 Å². The van der Waals surface area contributed by atoms with Gasteiger partial charge in [0.25, 0.3) is 5.91 Å². The van der Waals surface area contributed by atoms with Gasteiger partial charge in [0.05, 0.1) is 0 Å². The Hall–Kier alpha value is -1.91. The SMILES string of the molecule is CC(C)NC(=O)NC(=O)c1ccncc1. The van der Waals surface area contributed by atoms with Crippen molar-refractivity contribution in [2.24, 2.45) is 0 Å². The molecule has 0 saturated heterocycles. The van der Waals surface area contributed by atoms with Crippen molar-refractivity contribution in [3.8, 4) is 0 Å². The number of rotatable bonds is 2. The van der Waals surface area contributed by atoms with Crippen LogP contribution in [0.2, 0.25) is 0 Å². The van der Waals surface area contributed by atoms with Gasteiger partial charge in [0.1, 0.15) is 0 Å². The maximum Gasteiger partial charge on any atom is 0.321 e. The molecule has 0 aliphatic heterocycles. The molecule has 1 aromatic heterocycles. The normalized spacial score (nSPS) is 9.80. The van der Waals surface area contributed by atoms with E-state index in [1.165, 1.54) is 24.5 Å². The Morgan fingerprint density at radius 2 is 1.87 bits per heavy atom. The van der Waals surface area contributed by atoms with Crippen LogP contribution in [-0.2, 0) is 0 Å². The Balaban J connectivity index is 2.53. The second kappa shape index (κ2) is 5.09. The smallest absolute Gasteiger partial charge is 0.321 e. The van der Waals surface area contributed by atoms with E-state index in [1.54, 1.807) is 0 Å². The summed E-state index contributed by atoms with van der Waals surface area (Å²) in [6.45, 7) is 3.63. The van der Waals surface area contributed by atoms with E-state index in [4.69, 9.17) is 0 Å². The van der Waals surface area contributed by atoms with Crippen LogP contribution in [0.4, 0.5) is 4.79 Å². The lowest BCUT2D eigenvalue weighted by molar-refractivity contribution is 0.0963.